The molecule has 0 aromatic carbocycles. The van der Waals surface area contributed by atoms with Gasteiger partial charge in [-0.1, -0.05) is 0 Å². The molecule has 0 saturated carbocycles. The number of carbonyl (C=O) groups is 2. The Kier molecular flexibility index (Phi) is 5.86. The lowest BCUT2D eigenvalue weighted by Gasteiger charge is -2.48. The van der Waals surface area contributed by atoms with Gasteiger partial charge in [0.05, 0.1) is 24.1 Å². The maximum atomic E-state index is 12.4. The minimum Gasteiger partial charge on any atom is -0.359 e. The summed E-state index contributed by atoms with van der Waals surface area (Å²) in [5, 5.41) is 2.69. The number of carbonyl (C=O) groups excluding carboxylic acids is 2. The number of rotatable bonds is 5. The van der Waals surface area contributed by atoms with Crippen LogP contribution in [0.25, 0.3) is 0 Å². The van der Waals surface area contributed by atoms with E-state index in [1.54, 1.807) is 19.4 Å². The molecule has 26 heavy (non-hydrogen) atoms. The Balaban J connectivity index is 1.62. The van der Waals surface area contributed by atoms with Gasteiger partial charge in [-0.2, -0.15) is 0 Å². The van der Waals surface area contributed by atoms with Gasteiger partial charge in [0.1, 0.15) is 0 Å². The molecule has 1 atom stereocenters. The molecule has 2 saturated heterocycles. The first-order valence-electron chi connectivity index (χ1n) is 9.48. The minimum absolute atomic E-state index is 0.0861. The average molecular weight is 359 g/mol. The molecule has 3 rings (SSSR count). The topological polar surface area (TPSA) is 78.4 Å². The third-order valence-electron chi connectivity index (χ3n) is 5.61. The lowest BCUT2D eigenvalue weighted by atomic mass is 9.73. The zero-order chi connectivity index (χ0) is 18.6. The molecule has 2 amide bonds. The van der Waals surface area contributed by atoms with Crippen molar-refractivity contribution in [3.05, 3.63) is 23.8 Å². The highest BCUT2D eigenvalue weighted by Crippen LogP contribution is 2.39. The molecule has 7 heteroatoms. The molecule has 142 valence electrons. The smallest absolute Gasteiger partial charge is 0.222 e. The highest BCUT2D eigenvalue weighted by Gasteiger charge is 2.41. The maximum Gasteiger partial charge on any atom is 0.222 e. The number of aromatic nitrogens is 2. The normalized spacial score (nSPS) is 24.1. The standard InChI is InChI=1S/C19H29N5O2/c1-15-10-22-16(11-21-15)12-24-14-19(7-4-18(24)26)6-3-8-23(13-19)9-5-17(25)20-2/h10-11H,3-9,12-14H2,1-2H3,(H,20,25)/t19-/m1/s1. The van der Waals surface area contributed by atoms with Gasteiger partial charge in [-0.15, -0.1) is 0 Å². The number of amides is 2. The van der Waals surface area contributed by atoms with E-state index in [2.05, 4.69) is 20.2 Å². The fraction of sp³-hybridized carbons (Fsp3) is 0.684. The molecule has 3 heterocycles. The molecule has 7 nitrogen and oxygen atoms in total. The van der Waals surface area contributed by atoms with Crippen molar-refractivity contribution in [2.75, 3.05) is 33.2 Å². The van der Waals surface area contributed by atoms with Gasteiger partial charge in [-0.3, -0.25) is 19.6 Å². The summed E-state index contributed by atoms with van der Waals surface area (Å²) in [6.45, 7) is 6.01. The molecule has 1 aromatic heterocycles. The first kappa shape index (κ1) is 18.8. The molecular formula is C19H29N5O2. The van der Waals surface area contributed by atoms with Crippen LogP contribution in [0.1, 0.15) is 43.5 Å². The number of likely N-dealkylation sites (tertiary alicyclic amines) is 2. The van der Waals surface area contributed by atoms with Gasteiger partial charge in [0.2, 0.25) is 11.8 Å². The summed E-state index contributed by atoms with van der Waals surface area (Å²) in [5.41, 5.74) is 1.87. The van der Waals surface area contributed by atoms with Crippen molar-refractivity contribution in [3.8, 4) is 0 Å². The van der Waals surface area contributed by atoms with E-state index >= 15 is 0 Å². The molecule has 0 aliphatic carbocycles. The Bertz CT molecular complexity index is 648. The van der Waals surface area contributed by atoms with Crippen LogP contribution in [0.2, 0.25) is 0 Å². The van der Waals surface area contributed by atoms with Crippen molar-refractivity contribution in [2.45, 2.75) is 45.6 Å². The Morgan fingerprint density at radius 1 is 1.27 bits per heavy atom. The van der Waals surface area contributed by atoms with Crippen molar-refractivity contribution in [2.24, 2.45) is 5.41 Å². The summed E-state index contributed by atoms with van der Waals surface area (Å²) >= 11 is 0. The molecule has 1 aromatic rings. The van der Waals surface area contributed by atoms with E-state index in [0.717, 1.165) is 56.8 Å². The van der Waals surface area contributed by atoms with Gasteiger partial charge >= 0.3 is 0 Å². The SMILES string of the molecule is CNC(=O)CCN1CCC[C@@]2(CCC(=O)N(Cc3cnc(C)cn3)C2)C1. The van der Waals surface area contributed by atoms with E-state index < -0.39 is 0 Å². The Hall–Kier alpha value is -2.02. The third-order valence-corrected chi connectivity index (χ3v) is 5.61. The van der Waals surface area contributed by atoms with E-state index in [9.17, 15) is 9.59 Å². The van der Waals surface area contributed by atoms with E-state index in [0.29, 0.717) is 19.4 Å². The summed E-state index contributed by atoms with van der Waals surface area (Å²) in [6.07, 6.45) is 7.86. The van der Waals surface area contributed by atoms with Gasteiger partial charge in [0, 0.05) is 51.1 Å². The van der Waals surface area contributed by atoms with Crippen LogP contribution < -0.4 is 5.32 Å². The molecule has 0 radical (unpaired) electrons. The summed E-state index contributed by atoms with van der Waals surface area (Å²) in [7, 11) is 1.68. The van der Waals surface area contributed by atoms with E-state index in [4.69, 9.17) is 0 Å². The average Bonchev–Trinajstić information content (AvgIpc) is 2.65. The molecular weight excluding hydrogens is 330 g/mol. The zero-order valence-corrected chi connectivity index (χ0v) is 15.8. The van der Waals surface area contributed by atoms with Crippen LogP contribution in [0.4, 0.5) is 0 Å². The van der Waals surface area contributed by atoms with Crippen LogP contribution >= 0.6 is 0 Å². The second-order valence-electron chi connectivity index (χ2n) is 7.70. The first-order valence-corrected chi connectivity index (χ1v) is 9.48. The summed E-state index contributed by atoms with van der Waals surface area (Å²) in [6, 6.07) is 0. The largest absolute Gasteiger partial charge is 0.359 e. The van der Waals surface area contributed by atoms with Gasteiger partial charge in [0.15, 0.2) is 0 Å². The fourth-order valence-corrected chi connectivity index (χ4v) is 4.16. The monoisotopic (exact) mass is 359 g/mol. The maximum absolute atomic E-state index is 12.4. The van der Waals surface area contributed by atoms with Crippen molar-refractivity contribution >= 4 is 11.8 Å². The molecule has 2 fully saturated rings. The lowest BCUT2D eigenvalue weighted by Crippen LogP contribution is -2.54. The van der Waals surface area contributed by atoms with Crippen LogP contribution in [0.15, 0.2) is 12.4 Å². The first-order chi connectivity index (χ1) is 12.5. The quantitative estimate of drug-likeness (QED) is 0.853. The Labute approximate surface area is 155 Å². The van der Waals surface area contributed by atoms with Crippen LogP contribution in [-0.4, -0.2) is 64.8 Å². The number of piperidine rings is 2. The molecule has 1 N–H and O–H groups in total. The second kappa shape index (κ2) is 8.12. The molecule has 0 unspecified atom stereocenters. The number of hydrogen-bond donors (Lipinski definition) is 1. The molecule has 2 aliphatic heterocycles. The van der Waals surface area contributed by atoms with Gasteiger partial charge in [-0.25, -0.2) is 0 Å². The number of nitrogens with zero attached hydrogens (tertiary/aromatic N) is 4. The van der Waals surface area contributed by atoms with E-state index in [1.165, 1.54) is 0 Å². The number of hydrogen-bond acceptors (Lipinski definition) is 5. The second-order valence-corrected chi connectivity index (χ2v) is 7.70. The van der Waals surface area contributed by atoms with Gasteiger partial charge in [-0.05, 0) is 32.7 Å². The van der Waals surface area contributed by atoms with Crippen molar-refractivity contribution < 1.29 is 9.59 Å². The minimum atomic E-state index is 0.0861. The van der Waals surface area contributed by atoms with Gasteiger partial charge in [0.25, 0.3) is 0 Å². The van der Waals surface area contributed by atoms with Crippen molar-refractivity contribution in [1.29, 1.82) is 0 Å². The van der Waals surface area contributed by atoms with Crippen LogP contribution in [-0.2, 0) is 16.1 Å². The zero-order valence-electron chi connectivity index (χ0n) is 15.8. The predicted molar refractivity (Wildman–Crippen MR) is 98.2 cm³/mol. The molecule has 1 spiro atoms. The molecule has 0 bridgehead atoms. The predicted octanol–water partition coefficient (Wildman–Crippen LogP) is 1.13. The van der Waals surface area contributed by atoms with Crippen LogP contribution in [0, 0.1) is 12.3 Å². The number of nitrogens with one attached hydrogen (secondary N) is 1. The highest BCUT2D eigenvalue weighted by molar-refractivity contribution is 5.77. The summed E-state index contributed by atoms with van der Waals surface area (Å²) in [4.78, 5) is 37.0. The van der Waals surface area contributed by atoms with E-state index in [1.807, 2.05) is 11.8 Å². The van der Waals surface area contributed by atoms with Crippen molar-refractivity contribution in [3.63, 3.8) is 0 Å². The lowest BCUT2D eigenvalue weighted by molar-refractivity contribution is -0.140. The number of aryl methyl sites for hydroxylation is 1. The van der Waals surface area contributed by atoms with Crippen LogP contribution in [0.5, 0.6) is 0 Å². The van der Waals surface area contributed by atoms with Crippen LogP contribution in [0.3, 0.4) is 0 Å². The Morgan fingerprint density at radius 3 is 2.85 bits per heavy atom. The Morgan fingerprint density at radius 2 is 2.12 bits per heavy atom. The highest BCUT2D eigenvalue weighted by atomic mass is 16.2. The molecule has 2 aliphatic rings. The summed E-state index contributed by atoms with van der Waals surface area (Å²) in [5.74, 6) is 0.295. The van der Waals surface area contributed by atoms with Crippen molar-refractivity contribution in [1.82, 2.24) is 25.1 Å². The van der Waals surface area contributed by atoms with Gasteiger partial charge < -0.3 is 15.1 Å². The summed E-state index contributed by atoms with van der Waals surface area (Å²) < 4.78 is 0. The van der Waals surface area contributed by atoms with E-state index in [-0.39, 0.29) is 17.2 Å². The fourth-order valence-electron chi connectivity index (χ4n) is 4.16. The third kappa shape index (κ3) is 4.58.